The first-order chi connectivity index (χ1) is 7.34. The Balaban J connectivity index is 1.94. The molecule has 0 radical (unpaired) electrons. The van der Waals surface area contributed by atoms with Crippen LogP contribution in [0.1, 0.15) is 33.1 Å². The van der Waals surface area contributed by atoms with E-state index in [1.165, 1.54) is 32.4 Å². The van der Waals surface area contributed by atoms with E-state index < -0.39 is 0 Å². The molecule has 15 heavy (non-hydrogen) atoms. The van der Waals surface area contributed by atoms with E-state index >= 15 is 0 Å². The maximum atomic E-state index is 5.27. The maximum Gasteiger partial charge on any atom is 0.0590 e. The zero-order valence-corrected chi connectivity index (χ0v) is 10.3. The van der Waals surface area contributed by atoms with Gasteiger partial charge in [0.05, 0.1) is 6.61 Å². The van der Waals surface area contributed by atoms with Gasteiger partial charge in [-0.05, 0) is 33.2 Å². The summed E-state index contributed by atoms with van der Waals surface area (Å²) >= 11 is 0. The molecule has 0 aromatic carbocycles. The van der Waals surface area contributed by atoms with Gasteiger partial charge in [-0.2, -0.15) is 0 Å². The topological polar surface area (TPSA) is 24.5 Å². The largest absolute Gasteiger partial charge is 0.380 e. The van der Waals surface area contributed by atoms with Gasteiger partial charge in [-0.15, -0.1) is 0 Å². The Morgan fingerprint density at radius 2 is 2.20 bits per heavy atom. The third kappa shape index (κ3) is 5.50. The molecule has 90 valence electrons. The van der Waals surface area contributed by atoms with E-state index in [0.29, 0.717) is 0 Å². The smallest absolute Gasteiger partial charge is 0.0590 e. The van der Waals surface area contributed by atoms with Crippen LogP contribution in [0.3, 0.4) is 0 Å². The second-order valence-electron chi connectivity index (χ2n) is 4.33. The third-order valence-electron chi connectivity index (χ3n) is 3.14. The van der Waals surface area contributed by atoms with E-state index in [4.69, 9.17) is 4.74 Å². The van der Waals surface area contributed by atoms with Gasteiger partial charge in [0.2, 0.25) is 0 Å². The Hall–Kier alpha value is -0.120. The SMILES string of the molecule is CCOCCNCCN1CCCCC1C. The Morgan fingerprint density at radius 1 is 1.33 bits per heavy atom. The molecule has 0 aromatic heterocycles. The predicted octanol–water partition coefficient (Wildman–Crippen LogP) is 1.49. The Bertz CT molecular complexity index is 153. The summed E-state index contributed by atoms with van der Waals surface area (Å²) in [5.41, 5.74) is 0. The number of nitrogens with zero attached hydrogens (tertiary/aromatic N) is 1. The highest BCUT2D eigenvalue weighted by Gasteiger charge is 2.16. The number of hydrogen-bond donors (Lipinski definition) is 1. The molecule has 0 aromatic rings. The van der Waals surface area contributed by atoms with Crippen molar-refractivity contribution in [3.05, 3.63) is 0 Å². The fourth-order valence-electron chi connectivity index (χ4n) is 2.13. The van der Waals surface area contributed by atoms with Gasteiger partial charge < -0.3 is 10.1 Å². The molecule has 1 aliphatic heterocycles. The van der Waals surface area contributed by atoms with Crippen molar-refractivity contribution in [3.63, 3.8) is 0 Å². The minimum atomic E-state index is 0.785. The monoisotopic (exact) mass is 214 g/mol. The van der Waals surface area contributed by atoms with Gasteiger partial charge in [-0.3, -0.25) is 4.90 Å². The molecule has 1 rings (SSSR count). The standard InChI is InChI=1S/C12H26N2O/c1-3-15-11-8-13-7-10-14-9-5-4-6-12(14)2/h12-13H,3-11H2,1-2H3. The van der Waals surface area contributed by atoms with Crippen molar-refractivity contribution in [2.24, 2.45) is 0 Å². The van der Waals surface area contributed by atoms with Gasteiger partial charge in [-0.1, -0.05) is 6.42 Å². The number of nitrogens with one attached hydrogen (secondary N) is 1. The van der Waals surface area contributed by atoms with Gasteiger partial charge in [0.15, 0.2) is 0 Å². The summed E-state index contributed by atoms with van der Waals surface area (Å²) in [5, 5.41) is 3.42. The zero-order chi connectivity index (χ0) is 10.9. The van der Waals surface area contributed by atoms with Crippen molar-refractivity contribution in [1.82, 2.24) is 10.2 Å². The average molecular weight is 214 g/mol. The summed E-state index contributed by atoms with van der Waals surface area (Å²) in [6.45, 7) is 10.6. The zero-order valence-electron chi connectivity index (χ0n) is 10.3. The number of ether oxygens (including phenoxy) is 1. The van der Waals surface area contributed by atoms with Crippen LogP contribution < -0.4 is 5.32 Å². The van der Waals surface area contributed by atoms with Crippen LogP contribution in [0.15, 0.2) is 0 Å². The lowest BCUT2D eigenvalue weighted by Gasteiger charge is -2.33. The third-order valence-corrected chi connectivity index (χ3v) is 3.14. The lowest BCUT2D eigenvalue weighted by atomic mass is 10.0. The van der Waals surface area contributed by atoms with Crippen molar-refractivity contribution in [3.8, 4) is 0 Å². The predicted molar refractivity (Wildman–Crippen MR) is 64.2 cm³/mol. The van der Waals surface area contributed by atoms with E-state index in [1.54, 1.807) is 0 Å². The first-order valence-corrected chi connectivity index (χ1v) is 6.37. The van der Waals surface area contributed by atoms with Crippen LogP contribution in [-0.2, 0) is 4.74 Å². The van der Waals surface area contributed by atoms with Crippen LogP contribution in [0.2, 0.25) is 0 Å². The van der Waals surface area contributed by atoms with Gasteiger partial charge in [0.1, 0.15) is 0 Å². The molecule has 1 heterocycles. The first kappa shape index (κ1) is 12.9. The molecular weight excluding hydrogens is 188 g/mol. The fourth-order valence-corrected chi connectivity index (χ4v) is 2.13. The summed E-state index contributed by atoms with van der Waals surface area (Å²) in [4.78, 5) is 2.59. The molecule has 0 saturated carbocycles. The minimum Gasteiger partial charge on any atom is -0.380 e. The van der Waals surface area contributed by atoms with Crippen LogP contribution in [0.25, 0.3) is 0 Å². The summed E-state index contributed by atoms with van der Waals surface area (Å²) in [7, 11) is 0. The van der Waals surface area contributed by atoms with E-state index in [-0.39, 0.29) is 0 Å². The first-order valence-electron chi connectivity index (χ1n) is 6.37. The van der Waals surface area contributed by atoms with Crippen molar-refractivity contribution in [2.45, 2.75) is 39.2 Å². The number of piperidine rings is 1. The molecule has 1 saturated heterocycles. The van der Waals surface area contributed by atoms with E-state index in [2.05, 4.69) is 17.1 Å². The highest BCUT2D eigenvalue weighted by atomic mass is 16.5. The summed E-state index contributed by atoms with van der Waals surface area (Å²) in [6.07, 6.45) is 4.16. The Kier molecular flexibility index (Phi) is 6.98. The molecular formula is C12H26N2O. The highest BCUT2D eigenvalue weighted by Crippen LogP contribution is 2.15. The molecule has 1 fully saturated rings. The summed E-state index contributed by atoms with van der Waals surface area (Å²) in [5.74, 6) is 0. The van der Waals surface area contributed by atoms with Crippen LogP contribution in [0.4, 0.5) is 0 Å². The molecule has 0 bridgehead atoms. The van der Waals surface area contributed by atoms with Gasteiger partial charge in [0, 0.05) is 32.3 Å². The lowest BCUT2D eigenvalue weighted by molar-refractivity contribution is 0.141. The van der Waals surface area contributed by atoms with E-state index in [1.807, 2.05) is 6.92 Å². The van der Waals surface area contributed by atoms with Gasteiger partial charge >= 0.3 is 0 Å². The molecule has 1 N–H and O–H groups in total. The Labute approximate surface area is 94.2 Å². The van der Waals surface area contributed by atoms with Crippen molar-refractivity contribution < 1.29 is 4.74 Å². The fraction of sp³-hybridized carbons (Fsp3) is 1.00. The highest BCUT2D eigenvalue weighted by molar-refractivity contribution is 4.73. The second kappa shape index (κ2) is 8.08. The molecule has 1 aliphatic rings. The van der Waals surface area contributed by atoms with E-state index in [0.717, 1.165) is 32.3 Å². The minimum absolute atomic E-state index is 0.785. The van der Waals surface area contributed by atoms with E-state index in [9.17, 15) is 0 Å². The van der Waals surface area contributed by atoms with Crippen LogP contribution in [0.5, 0.6) is 0 Å². The molecule has 3 heteroatoms. The van der Waals surface area contributed by atoms with Crippen LogP contribution in [0, 0.1) is 0 Å². The molecule has 1 atom stereocenters. The van der Waals surface area contributed by atoms with Crippen LogP contribution in [-0.4, -0.2) is 50.3 Å². The quantitative estimate of drug-likeness (QED) is 0.650. The average Bonchev–Trinajstić information content (AvgIpc) is 2.25. The summed E-state index contributed by atoms with van der Waals surface area (Å²) in [6, 6.07) is 0.785. The second-order valence-corrected chi connectivity index (χ2v) is 4.33. The molecule has 3 nitrogen and oxygen atoms in total. The van der Waals surface area contributed by atoms with Crippen LogP contribution >= 0.6 is 0 Å². The maximum absolute atomic E-state index is 5.27. The molecule has 1 unspecified atom stereocenters. The molecule has 0 aliphatic carbocycles. The Morgan fingerprint density at radius 3 is 2.93 bits per heavy atom. The number of likely N-dealkylation sites (tertiary alicyclic amines) is 1. The number of rotatable bonds is 7. The van der Waals surface area contributed by atoms with Gasteiger partial charge in [-0.25, -0.2) is 0 Å². The molecule has 0 amide bonds. The van der Waals surface area contributed by atoms with Crippen molar-refractivity contribution in [1.29, 1.82) is 0 Å². The normalized spacial score (nSPS) is 23.2. The molecule has 0 spiro atoms. The lowest BCUT2D eigenvalue weighted by Crippen LogP contribution is -2.41. The summed E-state index contributed by atoms with van der Waals surface area (Å²) < 4.78 is 5.27. The van der Waals surface area contributed by atoms with Crippen molar-refractivity contribution >= 4 is 0 Å². The van der Waals surface area contributed by atoms with Crippen molar-refractivity contribution in [2.75, 3.05) is 39.4 Å². The van der Waals surface area contributed by atoms with Gasteiger partial charge in [0.25, 0.3) is 0 Å². The number of hydrogen-bond acceptors (Lipinski definition) is 3.